The molecule has 90 valence electrons. The molecule has 2 saturated carbocycles. The largest absolute Gasteiger partial charge is 0.478 e. The lowest BCUT2D eigenvalue weighted by Crippen LogP contribution is -2.19. The van der Waals surface area contributed by atoms with Gasteiger partial charge in [0, 0.05) is 6.54 Å². The van der Waals surface area contributed by atoms with Crippen molar-refractivity contribution in [3.8, 4) is 0 Å². The summed E-state index contributed by atoms with van der Waals surface area (Å²) in [7, 11) is 0. The number of carboxylic acid groups (broad SMARTS) is 1. The lowest BCUT2D eigenvalue weighted by molar-refractivity contribution is 0.0697. The third-order valence-electron chi connectivity index (χ3n) is 3.89. The maximum atomic E-state index is 11.0. The van der Waals surface area contributed by atoms with Crippen LogP contribution in [0.1, 0.15) is 36.0 Å². The quantitative estimate of drug-likeness (QED) is 0.810. The van der Waals surface area contributed by atoms with Gasteiger partial charge in [-0.1, -0.05) is 0 Å². The average Bonchev–Trinajstić information content (AvgIpc) is 3.17. The van der Waals surface area contributed by atoms with Crippen molar-refractivity contribution in [2.75, 3.05) is 11.9 Å². The number of rotatable bonds is 5. The highest BCUT2D eigenvalue weighted by Gasteiger charge is 2.53. The number of aromatic carboxylic acids is 1. The Kier molecular flexibility index (Phi) is 2.28. The van der Waals surface area contributed by atoms with Gasteiger partial charge in [0.2, 0.25) is 0 Å². The predicted molar refractivity (Wildman–Crippen MR) is 61.9 cm³/mol. The zero-order valence-corrected chi connectivity index (χ0v) is 9.52. The van der Waals surface area contributed by atoms with Gasteiger partial charge in [-0.15, -0.1) is 5.10 Å². The molecule has 5 heteroatoms. The molecule has 0 unspecified atom stereocenters. The van der Waals surface area contributed by atoms with Crippen molar-refractivity contribution in [3.63, 3.8) is 0 Å². The van der Waals surface area contributed by atoms with E-state index in [9.17, 15) is 4.79 Å². The molecule has 0 atom stereocenters. The predicted octanol–water partition coefficient (Wildman–Crippen LogP) is 1.78. The summed E-state index contributed by atoms with van der Waals surface area (Å²) in [6.45, 7) is 0.830. The Morgan fingerprint density at radius 2 is 2.29 bits per heavy atom. The second kappa shape index (κ2) is 3.68. The van der Waals surface area contributed by atoms with Crippen LogP contribution in [-0.2, 0) is 0 Å². The van der Waals surface area contributed by atoms with Gasteiger partial charge < -0.3 is 10.4 Å². The molecule has 1 aromatic rings. The first-order valence-corrected chi connectivity index (χ1v) is 6.00. The van der Waals surface area contributed by atoms with Crippen LogP contribution in [0, 0.1) is 11.3 Å². The van der Waals surface area contributed by atoms with E-state index in [0.717, 1.165) is 12.5 Å². The van der Waals surface area contributed by atoms with E-state index in [1.165, 1.54) is 37.9 Å². The molecule has 17 heavy (non-hydrogen) atoms. The smallest absolute Gasteiger partial charge is 0.339 e. The van der Waals surface area contributed by atoms with E-state index in [1.807, 2.05) is 0 Å². The number of nitrogens with one attached hydrogen (secondary N) is 1. The van der Waals surface area contributed by atoms with Crippen LogP contribution in [0.3, 0.4) is 0 Å². The molecular formula is C12H15N3O2. The normalized spacial score (nSPS) is 20.9. The highest BCUT2D eigenvalue weighted by atomic mass is 16.4. The van der Waals surface area contributed by atoms with Gasteiger partial charge in [-0.05, 0) is 43.1 Å². The molecule has 1 heterocycles. The molecule has 2 fully saturated rings. The molecule has 3 rings (SSSR count). The Balaban J connectivity index is 1.70. The van der Waals surface area contributed by atoms with E-state index in [2.05, 4.69) is 15.5 Å². The third kappa shape index (κ3) is 1.97. The van der Waals surface area contributed by atoms with Gasteiger partial charge in [-0.3, -0.25) is 0 Å². The molecule has 0 aliphatic heterocycles. The molecule has 2 aliphatic rings. The van der Waals surface area contributed by atoms with Crippen LogP contribution in [0.2, 0.25) is 0 Å². The van der Waals surface area contributed by atoms with E-state index >= 15 is 0 Å². The van der Waals surface area contributed by atoms with Gasteiger partial charge in [0.05, 0.1) is 6.20 Å². The van der Waals surface area contributed by atoms with Crippen LogP contribution in [0.25, 0.3) is 0 Å². The number of hydrogen-bond acceptors (Lipinski definition) is 4. The first-order valence-electron chi connectivity index (χ1n) is 6.00. The number of anilines is 1. The highest BCUT2D eigenvalue weighted by molar-refractivity contribution is 5.92. The van der Waals surface area contributed by atoms with Crippen molar-refractivity contribution in [2.24, 2.45) is 11.3 Å². The summed E-state index contributed by atoms with van der Waals surface area (Å²) in [5, 5.41) is 19.8. The molecule has 0 spiro atoms. The zero-order chi connectivity index (χ0) is 11.9. The van der Waals surface area contributed by atoms with Crippen LogP contribution in [0.15, 0.2) is 12.3 Å². The molecule has 0 amide bonds. The summed E-state index contributed by atoms with van der Waals surface area (Å²) in [4.78, 5) is 11.0. The standard InChI is InChI=1S/C12H15N3O2/c16-11(17)9-3-6-14-15-10(9)13-7-12(4-5-12)8-1-2-8/h3,6,8H,1-2,4-5,7H2,(H,13,15)(H,16,17). The van der Waals surface area contributed by atoms with Crippen molar-refractivity contribution in [2.45, 2.75) is 25.7 Å². The first kappa shape index (κ1) is 10.5. The van der Waals surface area contributed by atoms with Crippen LogP contribution in [0.4, 0.5) is 5.82 Å². The Hall–Kier alpha value is -1.65. The monoisotopic (exact) mass is 233 g/mol. The molecule has 2 aliphatic carbocycles. The fourth-order valence-corrected chi connectivity index (χ4v) is 2.48. The maximum Gasteiger partial charge on any atom is 0.339 e. The molecule has 2 N–H and O–H groups in total. The zero-order valence-electron chi connectivity index (χ0n) is 9.52. The lowest BCUT2D eigenvalue weighted by Gasteiger charge is -2.15. The van der Waals surface area contributed by atoms with Crippen molar-refractivity contribution in [1.82, 2.24) is 10.2 Å². The minimum absolute atomic E-state index is 0.201. The van der Waals surface area contributed by atoms with Gasteiger partial charge in [0.1, 0.15) is 5.56 Å². The lowest BCUT2D eigenvalue weighted by atomic mass is 10.0. The maximum absolute atomic E-state index is 11.0. The molecule has 5 nitrogen and oxygen atoms in total. The minimum atomic E-state index is -0.960. The van der Waals surface area contributed by atoms with Crippen molar-refractivity contribution < 1.29 is 9.90 Å². The summed E-state index contributed by atoms with van der Waals surface area (Å²) in [6.07, 6.45) is 6.57. The molecule has 0 saturated heterocycles. The van der Waals surface area contributed by atoms with E-state index in [1.54, 1.807) is 0 Å². The number of carbonyl (C=O) groups is 1. The third-order valence-corrected chi connectivity index (χ3v) is 3.89. The first-order chi connectivity index (χ1) is 8.21. The summed E-state index contributed by atoms with van der Waals surface area (Å²) in [5.74, 6) is 0.283. The van der Waals surface area contributed by atoms with Crippen molar-refractivity contribution >= 4 is 11.8 Å². The highest BCUT2D eigenvalue weighted by Crippen LogP contribution is 2.61. The van der Waals surface area contributed by atoms with E-state index in [-0.39, 0.29) is 5.56 Å². The summed E-state index contributed by atoms with van der Waals surface area (Å²) < 4.78 is 0. The number of hydrogen-bond donors (Lipinski definition) is 2. The molecule has 0 aromatic carbocycles. The number of aromatic nitrogens is 2. The summed E-state index contributed by atoms with van der Waals surface area (Å²) in [5.41, 5.74) is 0.624. The van der Waals surface area contributed by atoms with E-state index in [0.29, 0.717) is 11.2 Å². The summed E-state index contributed by atoms with van der Waals surface area (Å²) >= 11 is 0. The number of nitrogens with zero attached hydrogens (tertiary/aromatic N) is 2. The van der Waals surface area contributed by atoms with Crippen molar-refractivity contribution in [1.29, 1.82) is 0 Å². The minimum Gasteiger partial charge on any atom is -0.478 e. The van der Waals surface area contributed by atoms with Crippen LogP contribution >= 0.6 is 0 Å². The Morgan fingerprint density at radius 3 is 2.88 bits per heavy atom. The second-order valence-corrected chi connectivity index (χ2v) is 5.09. The SMILES string of the molecule is O=C(O)c1ccnnc1NCC1(C2CC2)CC1. The van der Waals surface area contributed by atoms with Gasteiger partial charge >= 0.3 is 5.97 Å². The van der Waals surface area contributed by atoms with Gasteiger partial charge in [0.15, 0.2) is 5.82 Å². The van der Waals surface area contributed by atoms with Crippen molar-refractivity contribution in [3.05, 3.63) is 17.8 Å². The second-order valence-electron chi connectivity index (χ2n) is 5.09. The molecule has 1 aromatic heterocycles. The van der Waals surface area contributed by atoms with Gasteiger partial charge in [0.25, 0.3) is 0 Å². The fraction of sp³-hybridized carbons (Fsp3) is 0.583. The summed E-state index contributed by atoms with van der Waals surface area (Å²) in [6, 6.07) is 1.48. The van der Waals surface area contributed by atoms with E-state index < -0.39 is 5.97 Å². The molecular weight excluding hydrogens is 218 g/mol. The molecule has 0 bridgehead atoms. The van der Waals surface area contributed by atoms with Crippen LogP contribution in [0.5, 0.6) is 0 Å². The van der Waals surface area contributed by atoms with Gasteiger partial charge in [-0.2, -0.15) is 5.10 Å². The van der Waals surface area contributed by atoms with Crippen LogP contribution < -0.4 is 5.32 Å². The molecule has 0 radical (unpaired) electrons. The number of carboxylic acids is 1. The van der Waals surface area contributed by atoms with Crippen LogP contribution in [-0.4, -0.2) is 27.8 Å². The Morgan fingerprint density at radius 1 is 1.53 bits per heavy atom. The fourth-order valence-electron chi connectivity index (χ4n) is 2.48. The van der Waals surface area contributed by atoms with E-state index in [4.69, 9.17) is 5.11 Å². The van der Waals surface area contributed by atoms with Gasteiger partial charge in [-0.25, -0.2) is 4.79 Å². The Bertz CT molecular complexity index is 453. The Labute approximate surface area is 99.3 Å². The average molecular weight is 233 g/mol. The topological polar surface area (TPSA) is 75.1 Å².